The number of aliphatic imine (C=N–C) groups is 1. The summed E-state index contributed by atoms with van der Waals surface area (Å²) >= 11 is 0. The normalized spacial score (nSPS) is 21.4. The van der Waals surface area contributed by atoms with Crippen LogP contribution in [-0.4, -0.2) is 5.71 Å². The first-order valence-electron chi connectivity index (χ1n) is 3.78. The minimum absolute atomic E-state index is 0.597. The minimum atomic E-state index is 0.597. The van der Waals surface area contributed by atoms with Crippen molar-refractivity contribution in [1.82, 2.24) is 0 Å². The Kier molecular flexibility index (Phi) is 2.13. The van der Waals surface area contributed by atoms with Gasteiger partial charge in [0.2, 0.25) is 0 Å². The van der Waals surface area contributed by atoms with E-state index in [0.29, 0.717) is 5.70 Å². The summed E-state index contributed by atoms with van der Waals surface area (Å²) in [6.45, 7) is 5.97. The second-order valence-corrected chi connectivity index (χ2v) is 2.66. The van der Waals surface area contributed by atoms with Gasteiger partial charge in [-0.1, -0.05) is 6.92 Å². The van der Waals surface area contributed by atoms with E-state index in [1.807, 2.05) is 13.8 Å². The van der Waals surface area contributed by atoms with E-state index in [-0.39, 0.29) is 0 Å². The summed E-state index contributed by atoms with van der Waals surface area (Å²) in [5.41, 5.74) is 3.85. The van der Waals surface area contributed by atoms with Crippen LogP contribution in [0.4, 0.5) is 0 Å². The second kappa shape index (κ2) is 2.91. The molecule has 2 nitrogen and oxygen atoms in total. The van der Waals surface area contributed by atoms with E-state index in [2.05, 4.69) is 11.9 Å². The van der Waals surface area contributed by atoms with Gasteiger partial charge >= 0.3 is 0 Å². The number of hydrogen-bond acceptors (Lipinski definition) is 1. The molecule has 0 saturated heterocycles. The molecule has 0 unspecified atom stereocenters. The lowest BCUT2D eigenvalue weighted by Crippen LogP contribution is -1.91. The molecule has 0 aromatic carbocycles. The molecule has 0 aromatic heterocycles. The molecule has 0 spiro atoms. The maximum absolute atomic E-state index is 10.4. The van der Waals surface area contributed by atoms with E-state index in [1.165, 1.54) is 5.57 Å². The average Bonchev–Trinajstić information content (AvgIpc) is 2.26. The molecule has 0 fully saturated rings. The molecule has 1 radical (unpaired) electrons. The lowest BCUT2D eigenvalue weighted by atomic mass is 10.1. The molecule has 0 amide bonds. The Morgan fingerprint density at radius 3 is 2.36 bits per heavy atom. The summed E-state index contributed by atoms with van der Waals surface area (Å²) in [5.74, 6) is 0. The standard InChI is InChI=1S/C9H12NO/c1-4-8-6(2)9(5-11)10-7(8)3/h5H,4H2,1-3H3. The maximum atomic E-state index is 10.4. The fourth-order valence-electron chi connectivity index (χ4n) is 1.39. The molecule has 0 bridgehead atoms. The molecular formula is C9H12NO. The van der Waals surface area contributed by atoms with E-state index in [1.54, 1.807) is 0 Å². The summed E-state index contributed by atoms with van der Waals surface area (Å²) in [4.78, 5) is 4.13. The van der Waals surface area contributed by atoms with Crippen LogP contribution >= 0.6 is 0 Å². The maximum Gasteiger partial charge on any atom is 0.168 e. The predicted molar refractivity (Wildman–Crippen MR) is 44.9 cm³/mol. The van der Waals surface area contributed by atoms with E-state index in [0.717, 1.165) is 24.0 Å². The van der Waals surface area contributed by atoms with Gasteiger partial charge in [-0.15, -0.1) is 0 Å². The predicted octanol–water partition coefficient (Wildman–Crippen LogP) is 2.46. The summed E-state index contributed by atoms with van der Waals surface area (Å²) in [6.07, 6.45) is 1.78. The quantitative estimate of drug-likeness (QED) is 0.514. The van der Waals surface area contributed by atoms with Crippen molar-refractivity contribution in [3.05, 3.63) is 23.1 Å². The Morgan fingerprint density at radius 1 is 1.45 bits per heavy atom. The highest BCUT2D eigenvalue weighted by molar-refractivity contribution is 6.02. The topological polar surface area (TPSA) is 32.3 Å². The van der Waals surface area contributed by atoms with Crippen LogP contribution in [0.25, 0.3) is 0 Å². The molecule has 1 heterocycles. The lowest BCUT2D eigenvalue weighted by molar-refractivity contribution is 0.347. The summed E-state index contributed by atoms with van der Waals surface area (Å²) in [6, 6.07) is 0. The van der Waals surface area contributed by atoms with Gasteiger partial charge in [0, 0.05) is 5.71 Å². The van der Waals surface area contributed by atoms with Crippen molar-refractivity contribution in [2.75, 3.05) is 0 Å². The Hall–Kier alpha value is -1.05. The van der Waals surface area contributed by atoms with Gasteiger partial charge in [0.25, 0.3) is 0 Å². The molecule has 1 aliphatic heterocycles. The van der Waals surface area contributed by atoms with Gasteiger partial charge in [0.1, 0.15) is 5.70 Å². The molecule has 59 valence electrons. The number of allylic oxidation sites excluding steroid dienone is 2. The third kappa shape index (κ3) is 1.20. The number of rotatable bonds is 1. The molecule has 0 aliphatic carbocycles. The van der Waals surface area contributed by atoms with Gasteiger partial charge in [-0.2, -0.15) is 0 Å². The van der Waals surface area contributed by atoms with E-state index < -0.39 is 0 Å². The van der Waals surface area contributed by atoms with Gasteiger partial charge < -0.3 is 0 Å². The van der Waals surface area contributed by atoms with Crippen LogP contribution in [0.2, 0.25) is 0 Å². The monoisotopic (exact) mass is 150 g/mol. The molecule has 1 rings (SSSR count). The molecule has 2 heteroatoms. The highest BCUT2D eigenvalue weighted by Crippen LogP contribution is 2.26. The van der Waals surface area contributed by atoms with E-state index >= 15 is 0 Å². The first-order valence-corrected chi connectivity index (χ1v) is 3.78. The smallest absolute Gasteiger partial charge is 0.168 e. The Labute approximate surface area is 67.0 Å². The van der Waals surface area contributed by atoms with Gasteiger partial charge in [0.15, 0.2) is 6.26 Å². The summed E-state index contributed by atoms with van der Waals surface area (Å²) in [5, 5.41) is 10.4. The minimum Gasteiger partial charge on any atom is -0.296 e. The van der Waals surface area contributed by atoms with Crippen LogP contribution in [0.1, 0.15) is 27.2 Å². The Morgan fingerprint density at radius 2 is 2.09 bits per heavy atom. The molecule has 0 atom stereocenters. The molecule has 11 heavy (non-hydrogen) atoms. The molecule has 0 saturated carbocycles. The second-order valence-electron chi connectivity index (χ2n) is 2.66. The molecule has 1 aliphatic rings. The van der Waals surface area contributed by atoms with Gasteiger partial charge in [-0.25, -0.2) is 4.99 Å². The SMILES string of the molecule is CCC1=C(C)C(=C[O])N=C1C. The first kappa shape index (κ1) is 8.05. The third-order valence-electron chi connectivity index (χ3n) is 2.03. The highest BCUT2D eigenvalue weighted by Gasteiger charge is 2.15. The van der Waals surface area contributed by atoms with Crippen LogP contribution in [0.5, 0.6) is 0 Å². The van der Waals surface area contributed by atoms with Gasteiger partial charge in [-0.3, -0.25) is 5.11 Å². The van der Waals surface area contributed by atoms with Crippen molar-refractivity contribution in [1.29, 1.82) is 0 Å². The fraction of sp³-hybridized carbons (Fsp3) is 0.444. The third-order valence-corrected chi connectivity index (χ3v) is 2.03. The van der Waals surface area contributed by atoms with Crippen molar-refractivity contribution in [2.24, 2.45) is 4.99 Å². The van der Waals surface area contributed by atoms with Crippen LogP contribution < -0.4 is 0 Å². The zero-order valence-corrected chi connectivity index (χ0v) is 7.14. The first-order chi connectivity index (χ1) is 5.20. The fourth-order valence-corrected chi connectivity index (χ4v) is 1.39. The molecule has 0 N–H and O–H groups in total. The van der Waals surface area contributed by atoms with Crippen LogP contribution in [0, 0.1) is 0 Å². The van der Waals surface area contributed by atoms with Crippen molar-refractivity contribution in [3.8, 4) is 0 Å². The van der Waals surface area contributed by atoms with Crippen LogP contribution in [-0.2, 0) is 5.11 Å². The number of nitrogens with zero attached hydrogens (tertiary/aromatic N) is 1. The number of hydrogen-bond donors (Lipinski definition) is 0. The van der Waals surface area contributed by atoms with E-state index in [9.17, 15) is 5.11 Å². The molecule has 0 aromatic rings. The Bertz CT molecular complexity index is 259. The van der Waals surface area contributed by atoms with Crippen molar-refractivity contribution in [3.63, 3.8) is 0 Å². The molecular weight excluding hydrogens is 138 g/mol. The van der Waals surface area contributed by atoms with Crippen molar-refractivity contribution < 1.29 is 5.11 Å². The zero-order chi connectivity index (χ0) is 8.43. The summed E-state index contributed by atoms with van der Waals surface area (Å²) < 4.78 is 0. The van der Waals surface area contributed by atoms with Crippen LogP contribution in [0.15, 0.2) is 28.1 Å². The average molecular weight is 150 g/mol. The van der Waals surface area contributed by atoms with Gasteiger partial charge in [0.05, 0.1) is 0 Å². The highest BCUT2D eigenvalue weighted by atomic mass is 16.2. The zero-order valence-electron chi connectivity index (χ0n) is 7.14. The lowest BCUT2D eigenvalue weighted by Gasteiger charge is -1.97. The summed E-state index contributed by atoms with van der Waals surface area (Å²) in [7, 11) is 0. The van der Waals surface area contributed by atoms with Gasteiger partial charge in [-0.05, 0) is 31.4 Å². The van der Waals surface area contributed by atoms with Crippen molar-refractivity contribution in [2.45, 2.75) is 27.2 Å². The Balaban J connectivity index is 3.09. The van der Waals surface area contributed by atoms with Crippen LogP contribution in [0.3, 0.4) is 0 Å². The van der Waals surface area contributed by atoms with Crippen molar-refractivity contribution >= 4 is 5.71 Å². The largest absolute Gasteiger partial charge is 0.296 e. The van der Waals surface area contributed by atoms with E-state index in [4.69, 9.17) is 0 Å².